The van der Waals surface area contributed by atoms with E-state index in [1.165, 1.54) is 36.8 Å². The third kappa shape index (κ3) is 4.16. The van der Waals surface area contributed by atoms with E-state index in [0.29, 0.717) is 0 Å². The van der Waals surface area contributed by atoms with E-state index in [9.17, 15) is 23.2 Å². The number of alkyl halides is 3. The Morgan fingerprint density at radius 2 is 1.88 bits per heavy atom. The molecule has 1 N–H and O–H groups in total. The fourth-order valence-electron chi connectivity index (χ4n) is 3.27. The van der Waals surface area contributed by atoms with Crippen LogP contribution in [0.3, 0.4) is 0 Å². The minimum Gasteiger partial charge on any atom is -0.319 e. The molecule has 12 heteroatoms. The van der Waals surface area contributed by atoms with Gasteiger partial charge in [0.15, 0.2) is 5.82 Å². The monoisotopic (exact) mass is 452 g/mol. The molecule has 0 unspecified atom stereocenters. The number of anilines is 1. The second kappa shape index (κ2) is 8.54. The van der Waals surface area contributed by atoms with E-state index in [-0.39, 0.29) is 34.9 Å². The van der Waals surface area contributed by atoms with Gasteiger partial charge in [-0.3, -0.25) is 9.48 Å². The van der Waals surface area contributed by atoms with Crippen LogP contribution in [0.15, 0.2) is 55.0 Å². The molecule has 0 aliphatic heterocycles. The first-order valence-corrected chi connectivity index (χ1v) is 9.65. The van der Waals surface area contributed by atoms with E-state index < -0.39 is 23.3 Å². The smallest absolute Gasteiger partial charge is 0.319 e. The lowest BCUT2D eigenvalue weighted by Gasteiger charge is -2.12. The Morgan fingerprint density at radius 1 is 1.18 bits per heavy atom. The zero-order chi connectivity index (χ0) is 23.6. The molecule has 3 aromatic heterocycles. The van der Waals surface area contributed by atoms with Crippen LogP contribution in [-0.2, 0) is 12.7 Å². The highest BCUT2D eigenvalue weighted by Gasteiger charge is 2.42. The number of benzene rings is 1. The third-order valence-electron chi connectivity index (χ3n) is 4.65. The number of pyridine rings is 1. The Hall–Kier alpha value is -4.53. The summed E-state index contributed by atoms with van der Waals surface area (Å²) in [5.41, 5.74) is -1.83. The molecule has 1 aromatic carbocycles. The summed E-state index contributed by atoms with van der Waals surface area (Å²) in [4.78, 5) is 18.2. The number of aryl methyl sites for hydroxylation is 1. The molecular formula is C21H15F3N8O. The van der Waals surface area contributed by atoms with Crippen molar-refractivity contribution in [1.29, 1.82) is 5.26 Å². The summed E-state index contributed by atoms with van der Waals surface area (Å²) >= 11 is 0. The van der Waals surface area contributed by atoms with Crippen LogP contribution >= 0.6 is 0 Å². The zero-order valence-electron chi connectivity index (χ0n) is 17.1. The van der Waals surface area contributed by atoms with Gasteiger partial charge in [0.2, 0.25) is 0 Å². The van der Waals surface area contributed by atoms with Crippen molar-refractivity contribution in [2.45, 2.75) is 19.6 Å². The SMILES string of the molecule is CCn1nc(-c2ccccc2)c(C(F)(F)F)c1C(=O)Nc1cnc(-n2nccn2)c(C#N)c1. The minimum absolute atomic E-state index is 0.0222. The molecule has 0 atom stereocenters. The number of nitriles is 1. The summed E-state index contributed by atoms with van der Waals surface area (Å²) in [5.74, 6) is -0.920. The number of nitrogens with one attached hydrogen (secondary N) is 1. The number of halogens is 3. The summed E-state index contributed by atoms with van der Waals surface area (Å²) in [6.07, 6.45) is -0.840. The first kappa shape index (κ1) is 21.7. The van der Waals surface area contributed by atoms with Gasteiger partial charge in [-0.2, -0.15) is 33.7 Å². The van der Waals surface area contributed by atoms with E-state index in [4.69, 9.17) is 0 Å². The van der Waals surface area contributed by atoms with Crippen molar-refractivity contribution < 1.29 is 18.0 Å². The molecule has 0 saturated carbocycles. The van der Waals surface area contributed by atoms with Crippen LogP contribution in [-0.4, -0.2) is 35.7 Å². The standard InChI is InChI=1S/C21H15F3N8O/c1-2-31-18(16(21(22,23)24)17(30-31)13-6-4-3-5-7-13)20(33)29-15-10-14(11-25)19(26-12-15)32-27-8-9-28-32/h3-10,12H,2H2,1H3,(H,29,33). The molecule has 0 aliphatic carbocycles. The van der Waals surface area contributed by atoms with Gasteiger partial charge in [-0.15, -0.1) is 4.80 Å². The van der Waals surface area contributed by atoms with Crippen LogP contribution < -0.4 is 5.32 Å². The van der Waals surface area contributed by atoms with E-state index >= 15 is 0 Å². The predicted octanol–water partition coefficient (Wildman–Crippen LogP) is 3.69. The number of aromatic nitrogens is 6. The average Bonchev–Trinajstić information content (AvgIpc) is 3.47. The molecular weight excluding hydrogens is 437 g/mol. The first-order valence-electron chi connectivity index (χ1n) is 9.65. The number of carbonyl (C=O) groups is 1. The number of amides is 1. The quantitative estimate of drug-likeness (QED) is 0.494. The number of hydrogen-bond acceptors (Lipinski definition) is 6. The van der Waals surface area contributed by atoms with Crippen molar-refractivity contribution in [3.8, 4) is 23.1 Å². The fraction of sp³-hybridized carbons (Fsp3) is 0.143. The van der Waals surface area contributed by atoms with Gasteiger partial charge in [-0.25, -0.2) is 4.98 Å². The van der Waals surface area contributed by atoms with Gasteiger partial charge in [0.25, 0.3) is 5.91 Å². The molecule has 0 bridgehead atoms. The predicted molar refractivity (Wildman–Crippen MR) is 110 cm³/mol. The molecule has 33 heavy (non-hydrogen) atoms. The molecule has 4 rings (SSSR count). The van der Waals surface area contributed by atoms with Gasteiger partial charge in [0, 0.05) is 12.1 Å². The molecule has 0 radical (unpaired) electrons. The molecule has 3 heterocycles. The van der Waals surface area contributed by atoms with Crippen LogP contribution in [0.5, 0.6) is 0 Å². The Kier molecular flexibility index (Phi) is 5.61. The van der Waals surface area contributed by atoms with Crippen molar-refractivity contribution in [2.75, 3.05) is 5.32 Å². The summed E-state index contributed by atoms with van der Waals surface area (Å²) < 4.78 is 43.2. The van der Waals surface area contributed by atoms with E-state index in [1.807, 2.05) is 6.07 Å². The van der Waals surface area contributed by atoms with Crippen LogP contribution in [0.4, 0.5) is 18.9 Å². The fourth-order valence-corrected chi connectivity index (χ4v) is 3.27. The van der Waals surface area contributed by atoms with Crippen LogP contribution in [0, 0.1) is 11.3 Å². The number of nitrogens with zero attached hydrogens (tertiary/aromatic N) is 7. The Labute approximate surface area is 185 Å². The van der Waals surface area contributed by atoms with Crippen LogP contribution in [0.2, 0.25) is 0 Å². The Morgan fingerprint density at radius 3 is 2.48 bits per heavy atom. The lowest BCUT2D eigenvalue weighted by atomic mass is 10.0. The van der Waals surface area contributed by atoms with Crippen molar-refractivity contribution in [3.05, 3.63) is 71.8 Å². The number of rotatable bonds is 5. The van der Waals surface area contributed by atoms with Crippen molar-refractivity contribution in [2.24, 2.45) is 0 Å². The number of carbonyl (C=O) groups excluding carboxylic acids is 1. The average molecular weight is 452 g/mol. The van der Waals surface area contributed by atoms with Crippen LogP contribution in [0.1, 0.15) is 28.5 Å². The Balaban J connectivity index is 1.76. The van der Waals surface area contributed by atoms with Gasteiger partial charge < -0.3 is 5.32 Å². The topological polar surface area (TPSA) is 114 Å². The summed E-state index contributed by atoms with van der Waals surface area (Å²) in [6.45, 7) is 1.62. The zero-order valence-corrected chi connectivity index (χ0v) is 17.1. The molecule has 4 aromatic rings. The van der Waals surface area contributed by atoms with E-state index in [1.54, 1.807) is 25.1 Å². The van der Waals surface area contributed by atoms with Crippen molar-refractivity contribution in [3.63, 3.8) is 0 Å². The third-order valence-corrected chi connectivity index (χ3v) is 4.65. The molecule has 166 valence electrons. The largest absolute Gasteiger partial charge is 0.420 e. The second-order valence-corrected chi connectivity index (χ2v) is 6.73. The highest BCUT2D eigenvalue weighted by Crippen LogP contribution is 2.39. The molecule has 0 aliphatic rings. The lowest BCUT2D eigenvalue weighted by molar-refractivity contribution is -0.137. The first-order chi connectivity index (χ1) is 15.8. The number of hydrogen-bond donors (Lipinski definition) is 1. The summed E-state index contributed by atoms with van der Waals surface area (Å²) in [5, 5.41) is 23.7. The minimum atomic E-state index is -4.84. The van der Waals surface area contributed by atoms with Gasteiger partial charge in [0.05, 0.1) is 24.3 Å². The van der Waals surface area contributed by atoms with Crippen LogP contribution in [0.25, 0.3) is 17.1 Å². The maximum absolute atomic E-state index is 14.1. The maximum Gasteiger partial charge on any atom is 0.420 e. The molecule has 0 fully saturated rings. The van der Waals surface area contributed by atoms with Crippen molar-refractivity contribution in [1.82, 2.24) is 29.8 Å². The normalized spacial score (nSPS) is 11.2. The van der Waals surface area contributed by atoms with Gasteiger partial charge in [-0.1, -0.05) is 30.3 Å². The Bertz CT molecular complexity index is 1340. The molecule has 1 amide bonds. The highest BCUT2D eigenvalue weighted by molar-refractivity contribution is 6.05. The van der Waals surface area contributed by atoms with Gasteiger partial charge >= 0.3 is 6.18 Å². The maximum atomic E-state index is 14.1. The highest BCUT2D eigenvalue weighted by atomic mass is 19.4. The molecule has 0 saturated heterocycles. The summed E-state index contributed by atoms with van der Waals surface area (Å²) in [6, 6.07) is 11.0. The van der Waals surface area contributed by atoms with Crippen molar-refractivity contribution >= 4 is 11.6 Å². The summed E-state index contributed by atoms with van der Waals surface area (Å²) in [7, 11) is 0. The molecule has 0 spiro atoms. The van der Waals surface area contributed by atoms with E-state index in [2.05, 4.69) is 25.6 Å². The van der Waals surface area contributed by atoms with Gasteiger partial charge in [0.1, 0.15) is 28.6 Å². The van der Waals surface area contributed by atoms with E-state index in [0.717, 1.165) is 9.48 Å². The molecule has 9 nitrogen and oxygen atoms in total. The lowest BCUT2D eigenvalue weighted by Crippen LogP contribution is -2.22. The second-order valence-electron chi connectivity index (χ2n) is 6.73. The van der Waals surface area contributed by atoms with Gasteiger partial charge in [-0.05, 0) is 13.0 Å².